The van der Waals surface area contributed by atoms with Crippen molar-refractivity contribution in [3.05, 3.63) is 46.3 Å². The molecule has 7 heteroatoms. The highest BCUT2D eigenvalue weighted by Crippen LogP contribution is 2.17. The number of nitrogens with one attached hydrogen (secondary N) is 1. The number of nitrogens with zero attached hydrogens (tertiary/aromatic N) is 2. The number of carboxylic acids is 1. The van der Waals surface area contributed by atoms with Gasteiger partial charge in [-0.3, -0.25) is 4.79 Å². The first-order chi connectivity index (χ1) is 9.47. The molecule has 0 unspecified atom stereocenters. The van der Waals surface area contributed by atoms with Crippen LogP contribution < -0.4 is 5.32 Å². The number of rotatable bonds is 4. The van der Waals surface area contributed by atoms with E-state index in [9.17, 15) is 9.59 Å². The number of aryl methyl sites for hydroxylation is 1. The lowest BCUT2D eigenvalue weighted by Crippen LogP contribution is -2.21. The largest absolute Gasteiger partial charge is 0.477 e. The normalized spacial score (nSPS) is 10.3. The summed E-state index contributed by atoms with van der Waals surface area (Å²) in [5.74, 6) is -0.974. The van der Waals surface area contributed by atoms with E-state index in [-0.39, 0.29) is 18.1 Å². The van der Waals surface area contributed by atoms with Crippen LogP contribution in [0.25, 0.3) is 0 Å². The van der Waals surface area contributed by atoms with Gasteiger partial charge in [-0.15, -0.1) is 0 Å². The number of carbonyl (C=O) groups excluding carboxylic acids is 1. The molecule has 1 amide bonds. The highest BCUT2D eigenvalue weighted by molar-refractivity contribution is 9.10. The molecule has 6 nitrogen and oxygen atoms in total. The van der Waals surface area contributed by atoms with E-state index in [1.807, 2.05) is 6.92 Å². The molecular weight excluding hydrogens is 326 g/mol. The summed E-state index contributed by atoms with van der Waals surface area (Å²) in [4.78, 5) is 26.9. The predicted octanol–water partition coefficient (Wildman–Crippen LogP) is 2.29. The molecular formula is C13H12BrN3O3. The maximum atomic E-state index is 11.9. The van der Waals surface area contributed by atoms with Gasteiger partial charge in [0.2, 0.25) is 5.91 Å². The van der Waals surface area contributed by atoms with Gasteiger partial charge >= 0.3 is 5.97 Å². The van der Waals surface area contributed by atoms with Crippen LogP contribution in [0.4, 0.5) is 5.82 Å². The van der Waals surface area contributed by atoms with E-state index >= 15 is 0 Å². The molecule has 0 aromatic carbocycles. The molecule has 0 aliphatic rings. The molecule has 0 fully saturated rings. The molecule has 0 spiro atoms. The first-order valence-electron chi connectivity index (χ1n) is 5.78. The number of anilines is 1. The Morgan fingerprint density at radius 2 is 2.25 bits per heavy atom. The van der Waals surface area contributed by atoms with Crippen LogP contribution in [0.15, 0.2) is 35.1 Å². The second-order valence-electron chi connectivity index (χ2n) is 4.19. The van der Waals surface area contributed by atoms with Gasteiger partial charge in [-0.1, -0.05) is 0 Å². The van der Waals surface area contributed by atoms with Crippen molar-refractivity contribution in [3.63, 3.8) is 0 Å². The molecule has 0 saturated heterocycles. The molecule has 0 aliphatic heterocycles. The summed E-state index contributed by atoms with van der Waals surface area (Å²) in [6.07, 6.45) is 3.15. The summed E-state index contributed by atoms with van der Waals surface area (Å²) in [5, 5.41) is 11.6. The lowest BCUT2D eigenvalue weighted by Gasteiger charge is -2.08. The van der Waals surface area contributed by atoms with Crippen molar-refractivity contribution >= 4 is 33.6 Å². The Morgan fingerprint density at radius 1 is 1.50 bits per heavy atom. The standard InChI is InChI=1S/C13H12BrN3O3/c1-8-5-11(15-6-9(8)14)16-12(18)7-17-4-2-3-10(17)13(19)20/h2-6H,7H2,1H3,(H,19,20)(H,15,16,18). The van der Waals surface area contributed by atoms with E-state index in [1.54, 1.807) is 24.5 Å². The van der Waals surface area contributed by atoms with Crippen molar-refractivity contribution in [2.24, 2.45) is 0 Å². The minimum Gasteiger partial charge on any atom is -0.477 e. The average Bonchev–Trinajstić information content (AvgIpc) is 2.82. The molecule has 2 heterocycles. The molecule has 2 N–H and O–H groups in total. The van der Waals surface area contributed by atoms with Crippen molar-refractivity contribution in [3.8, 4) is 0 Å². The van der Waals surface area contributed by atoms with E-state index < -0.39 is 5.97 Å². The average molecular weight is 338 g/mol. The molecule has 2 rings (SSSR count). The topological polar surface area (TPSA) is 84.2 Å². The maximum Gasteiger partial charge on any atom is 0.352 e. The fraction of sp³-hybridized carbons (Fsp3) is 0.154. The van der Waals surface area contributed by atoms with Crippen molar-refractivity contribution in [2.45, 2.75) is 13.5 Å². The number of aromatic carboxylic acids is 1. The van der Waals surface area contributed by atoms with Crippen LogP contribution in [0.1, 0.15) is 16.1 Å². The second-order valence-corrected chi connectivity index (χ2v) is 5.05. The number of amides is 1. The van der Waals surface area contributed by atoms with Crippen molar-refractivity contribution in [1.82, 2.24) is 9.55 Å². The molecule has 2 aromatic rings. The lowest BCUT2D eigenvalue weighted by molar-refractivity contribution is -0.116. The van der Waals surface area contributed by atoms with Crippen molar-refractivity contribution in [2.75, 3.05) is 5.32 Å². The van der Waals surface area contributed by atoms with E-state index in [0.29, 0.717) is 5.82 Å². The second kappa shape index (κ2) is 5.87. The Balaban J connectivity index is 2.07. The SMILES string of the molecule is Cc1cc(NC(=O)Cn2cccc2C(=O)O)ncc1Br. The highest BCUT2D eigenvalue weighted by Gasteiger charge is 2.12. The number of hydrogen-bond donors (Lipinski definition) is 2. The summed E-state index contributed by atoms with van der Waals surface area (Å²) in [5.41, 5.74) is 1.02. The quantitative estimate of drug-likeness (QED) is 0.896. The molecule has 20 heavy (non-hydrogen) atoms. The molecule has 2 aromatic heterocycles. The van der Waals surface area contributed by atoms with Gasteiger partial charge in [0.15, 0.2) is 0 Å². The summed E-state index contributed by atoms with van der Waals surface area (Å²) in [6, 6.07) is 4.76. The van der Waals surface area contributed by atoms with Crippen molar-refractivity contribution < 1.29 is 14.7 Å². The first-order valence-corrected chi connectivity index (χ1v) is 6.57. The number of hydrogen-bond acceptors (Lipinski definition) is 3. The van der Waals surface area contributed by atoms with Gasteiger partial charge in [0.25, 0.3) is 0 Å². The van der Waals surface area contributed by atoms with E-state index in [4.69, 9.17) is 5.11 Å². The molecule has 104 valence electrons. The number of carboxylic acid groups (broad SMARTS) is 1. The summed E-state index contributed by atoms with van der Waals surface area (Å²) in [6.45, 7) is 1.81. The summed E-state index contributed by atoms with van der Waals surface area (Å²) in [7, 11) is 0. The summed E-state index contributed by atoms with van der Waals surface area (Å²) < 4.78 is 2.22. The fourth-order valence-corrected chi connectivity index (χ4v) is 1.91. The highest BCUT2D eigenvalue weighted by atomic mass is 79.9. The minimum absolute atomic E-state index is 0.0695. The Kier molecular flexibility index (Phi) is 4.19. The minimum atomic E-state index is -1.07. The van der Waals surface area contributed by atoms with Gasteiger partial charge in [-0.25, -0.2) is 9.78 Å². The molecule has 0 saturated carbocycles. The van der Waals surface area contributed by atoms with Gasteiger partial charge in [-0.05, 0) is 46.6 Å². The monoisotopic (exact) mass is 337 g/mol. The van der Waals surface area contributed by atoms with Crippen LogP contribution in [0.5, 0.6) is 0 Å². The number of halogens is 1. The van der Waals surface area contributed by atoms with Gasteiger partial charge in [0, 0.05) is 16.9 Å². The Hall–Kier alpha value is -2.15. The van der Waals surface area contributed by atoms with E-state index in [1.165, 1.54) is 10.6 Å². The van der Waals surface area contributed by atoms with Gasteiger partial charge in [0.05, 0.1) is 0 Å². The first kappa shape index (κ1) is 14.3. The lowest BCUT2D eigenvalue weighted by atomic mass is 10.3. The molecule has 0 aliphatic carbocycles. The zero-order valence-electron chi connectivity index (χ0n) is 10.6. The summed E-state index contributed by atoms with van der Waals surface area (Å²) >= 11 is 3.33. The van der Waals surface area contributed by atoms with Crippen LogP contribution in [-0.4, -0.2) is 26.5 Å². The van der Waals surface area contributed by atoms with Crippen LogP contribution in [-0.2, 0) is 11.3 Å². The third-order valence-corrected chi connectivity index (χ3v) is 3.51. The third kappa shape index (κ3) is 3.24. The van der Waals surface area contributed by atoms with Gasteiger partial charge in [-0.2, -0.15) is 0 Å². The van der Waals surface area contributed by atoms with E-state index in [0.717, 1.165) is 10.0 Å². The molecule has 0 atom stereocenters. The number of carbonyl (C=O) groups is 2. The Labute approximate surface area is 123 Å². The predicted molar refractivity (Wildman–Crippen MR) is 76.7 cm³/mol. The van der Waals surface area contributed by atoms with Crippen LogP contribution in [0.3, 0.4) is 0 Å². The van der Waals surface area contributed by atoms with Gasteiger partial charge in [0.1, 0.15) is 18.1 Å². The number of aromatic nitrogens is 2. The van der Waals surface area contributed by atoms with Crippen LogP contribution in [0.2, 0.25) is 0 Å². The van der Waals surface area contributed by atoms with Crippen molar-refractivity contribution in [1.29, 1.82) is 0 Å². The number of pyridine rings is 1. The molecule has 0 bridgehead atoms. The van der Waals surface area contributed by atoms with E-state index in [2.05, 4.69) is 26.2 Å². The Morgan fingerprint density at radius 3 is 2.90 bits per heavy atom. The smallest absolute Gasteiger partial charge is 0.352 e. The van der Waals surface area contributed by atoms with Crippen LogP contribution >= 0.6 is 15.9 Å². The zero-order valence-corrected chi connectivity index (χ0v) is 12.2. The molecule has 0 radical (unpaired) electrons. The van der Waals surface area contributed by atoms with Gasteiger partial charge < -0.3 is 15.0 Å². The maximum absolute atomic E-state index is 11.9. The fourth-order valence-electron chi connectivity index (χ4n) is 1.69. The third-order valence-electron chi connectivity index (χ3n) is 2.68. The van der Waals surface area contributed by atoms with Crippen LogP contribution in [0, 0.1) is 6.92 Å². The Bertz CT molecular complexity index is 667. The zero-order chi connectivity index (χ0) is 14.7.